The molecular formula is C19H24N2O2S. The van der Waals surface area contributed by atoms with Crippen LogP contribution >= 0.6 is 0 Å². The minimum atomic E-state index is -3.11. The molecule has 1 aromatic carbocycles. The number of rotatable bonds is 5. The molecule has 0 atom stereocenters. The van der Waals surface area contributed by atoms with Gasteiger partial charge in [-0.2, -0.15) is 0 Å². The first-order valence-electron chi connectivity index (χ1n) is 8.55. The van der Waals surface area contributed by atoms with E-state index in [0.717, 1.165) is 38.0 Å². The predicted molar refractivity (Wildman–Crippen MR) is 97.0 cm³/mol. The van der Waals surface area contributed by atoms with E-state index in [1.165, 1.54) is 5.56 Å². The molecule has 1 fully saturated rings. The highest BCUT2D eigenvalue weighted by atomic mass is 32.2. The van der Waals surface area contributed by atoms with Gasteiger partial charge in [-0.05, 0) is 61.1 Å². The van der Waals surface area contributed by atoms with Crippen molar-refractivity contribution in [3.8, 4) is 0 Å². The van der Waals surface area contributed by atoms with Crippen molar-refractivity contribution in [1.82, 2.24) is 4.98 Å². The third-order valence-electron chi connectivity index (χ3n) is 4.80. The van der Waals surface area contributed by atoms with Crippen LogP contribution in [0.1, 0.15) is 25.3 Å². The molecule has 0 saturated carbocycles. The summed E-state index contributed by atoms with van der Waals surface area (Å²) in [5, 5.41) is 0. The Bertz CT molecular complexity index is 750. The summed E-state index contributed by atoms with van der Waals surface area (Å²) in [5.74, 6) is 0.844. The van der Waals surface area contributed by atoms with Gasteiger partial charge < -0.3 is 4.90 Å². The second-order valence-electron chi connectivity index (χ2n) is 6.39. The van der Waals surface area contributed by atoms with Crippen LogP contribution < -0.4 is 4.90 Å². The van der Waals surface area contributed by atoms with Crippen molar-refractivity contribution in [3.63, 3.8) is 0 Å². The zero-order valence-electron chi connectivity index (χ0n) is 14.1. The molecule has 5 heteroatoms. The van der Waals surface area contributed by atoms with Gasteiger partial charge in [-0.3, -0.25) is 4.98 Å². The Morgan fingerprint density at radius 3 is 2.42 bits per heavy atom. The first-order chi connectivity index (χ1) is 11.6. The number of piperidine rings is 1. The fraction of sp³-hybridized carbons (Fsp3) is 0.421. The Balaban J connectivity index is 1.59. The van der Waals surface area contributed by atoms with E-state index < -0.39 is 9.84 Å². The second kappa shape index (κ2) is 7.34. The Morgan fingerprint density at radius 2 is 1.83 bits per heavy atom. The molecule has 1 aliphatic heterocycles. The van der Waals surface area contributed by atoms with Crippen LogP contribution in [0.5, 0.6) is 0 Å². The Kier molecular flexibility index (Phi) is 5.19. The number of aromatic nitrogens is 1. The summed E-state index contributed by atoms with van der Waals surface area (Å²) in [6.07, 6.45) is 7.18. The molecule has 24 heavy (non-hydrogen) atoms. The molecule has 0 radical (unpaired) electrons. The van der Waals surface area contributed by atoms with Gasteiger partial charge in [0.25, 0.3) is 0 Å². The van der Waals surface area contributed by atoms with Crippen molar-refractivity contribution in [3.05, 3.63) is 54.4 Å². The molecule has 1 saturated heterocycles. The molecule has 0 spiro atoms. The summed E-state index contributed by atoms with van der Waals surface area (Å²) in [4.78, 5) is 6.95. The van der Waals surface area contributed by atoms with Gasteiger partial charge in [0.1, 0.15) is 0 Å². The van der Waals surface area contributed by atoms with Gasteiger partial charge >= 0.3 is 0 Å². The normalized spacial score (nSPS) is 16.3. The fourth-order valence-corrected chi connectivity index (χ4v) is 4.16. The summed E-state index contributed by atoms with van der Waals surface area (Å²) >= 11 is 0. The van der Waals surface area contributed by atoms with Gasteiger partial charge in [-0.15, -0.1) is 0 Å². The van der Waals surface area contributed by atoms with E-state index in [9.17, 15) is 8.42 Å². The largest absolute Gasteiger partial charge is 0.372 e. The van der Waals surface area contributed by atoms with Crippen LogP contribution in [-0.4, -0.2) is 32.2 Å². The number of nitrogens with zero attached hydrogens (tertiary/aromatic N) is 2. The van der Waals surface area contributed by atoms with Crippen LogP contribution in [0, 0.1) is 5.92 Å². The van der Waals surface area contributed by atoms with Crippen molar-refractivity contribution < 1.29 is 8.42 Å². The molecule has 3 rings (SSSR count). The first kappa shape index (κ1) is 17.0. The topological polar surface area (TPSA) is 50.3 Å². The molecule has 0 amide bonds. The smallest absolute Gasteiger partial charge is 0.178 e. The molecule has 1 aromatic heterocycles. The van der Waals surface area contributed by atoms with Gasteiger partial charge in [0, 0.05) is 31.2 Å². The molecular weight excluding hydrogens is 320 g/mol. The van der Waals surface area contributed by atoms with Crippen LogP contribution in [0.3, 0.4) is 0 Å². The first-order valence-corrected chi connectivity index (χ1v) is 10.2. The third-order valence-corrected chi connectivity index (χ3v) is 6.55. The maximum Gasteiger partial charge on any atom is 0.178 e. The molecule has 1 aliphatic rings. The summed E-state index contributed by atoms with van der Waals surface area (Å²) < 4.78 is 23.8. The van der Waals surface area contributed by atoms with Crippen LogP contribution in [0.25, 0.3) is 0 Å². The van der Waals surface area contributed by atoms with Crippen molar-refractivity contribution in [2.75, 3.05) is 23.7 Å². The van der Waals surface area contributed by atoms with Gasteiger partial charge in [0.2, 0.25) is 0 Å². The molecule has 2 aromatic rings. The van der Waals surface area contributed by atoms with Gasteiger partial charge in [-0.25, -0.2) is 8.42 Å². The zero-order valence-corrected chi connectivity index (χ0v) is 14.9. The number of pyridine rings is 1. The number of hydrogen-bond acceptors (Lipinski definition) is 4. The third kappa shape index (κ3) is 3.96. The van der Waals surface area contributed by atoms with Crippen molar-refractivity contribution in [2.45, 2.75) is 31.1 Å². The van der Waals surface area contributed by atoms with E-state index in [0.29, 0.717) is 10.8 Å². The molecule has 0 bridgehead atoms. The van der Waals surface area contributed by atoms with E-state index in [4.69, 9.17) is 0 Å². The maximum absolute atomic E-state index is 11.9. The highest BCUT2D eigenvalue weighted by molar-refractivity contribution is 7.91. The SMILES string of the molecule is CCS(=O)(=O)c1ccc(N2CCC(Cc3cccnc3)CC2)cc1. The summed E-state index contributed by atoms with van der Waals surface area (Å²) in [7, 11) is -3.11. The second-order valence-corrected chi connectivity index (χ2v) is 8.67. The Labute approximate surface area is 144 Å². The lowest BCUT2D eigenvalue weighted by Gasteiger charge is -2.33. The molecule has 0 N–H and O–H groups in total. The minimum Gasteiger partial charge on any atom is -0.372 e. The zero-order chi connectivity index (χ0) is 17.0. The monoisotopic (exact) mass is 344 g/mol. The molecule has 0 unspecified atom stereocenters. The average molecular weight is 344 g/mol. The number of hydrogen-bond donors (Lipinski definition) is 0. The molecule has 4 nitrogen and oxygen atoms in total. The summed E-state index contributed by atoms with van der Waals surface area (Å²) in [6, 6.07) is 11.5. The number of anilines is 1. The summed E-state index contributed by atoms with van der Waals surface area (Å²) in [5.41, 5.74) is 2.43. The van der Waals surface area contributed by atoms with E-state index in [2.05, 4.69) is 16.0 Å². The highest BCUT2D eigenvalue weighted by Gasteiger charge is 2.20. The lowest BCUT2D eigenvalue weighted by Crippen LogP contribution is -2.34. The van der Waals surface area contributed by atoms with E-state index >= 15 is 0 Å². The lowest BCUT2D eigenvalue weighted by molar-refractivity contribution is 0.403. The van der Waals surface area contributed by atoms with E-state index in [1.54, 1.807) is 19.1 Å². The molecule has 128 valence electrons. The Hall–Kier alpha value is -1.88. The van der Waals surface area contributed by atoms with E-state index in [-0.39, 0.29) is 5.75 Å². The van der Waals surface area contributed by atoms with Crippen molar-refractivity contribution >= 4 is 15.5 Å². The minimum absolute atomic E-state index is 0.145. The maximum atomic E-state index is 11.9. The molecule has 2 heterocycles. The van der Waals surface area contributed by atoms with Crippen molar-refractivity contribution in [2.24, 2.45) is 5.92 Å². The highest BCUT2D eigenvalue weighted by Crippen LogP contribution is 2.26. The Morgan fingerprint density at radius 1 is 1.12 bits per heavy atom. The quantitative estimate of drug-likeness (QED) is 0.835. The summed E-state index contributed by atoms with van der Waals surface area (Å²) in [6.45, 7) is 3.71. The van der Waals surface area contributed by atoms with E-state index in [1.807, 2.05) is 30.6 Å². The van der Waals surface area contributed by atoms with Gasteiger partial charge in [0.15, 0.2) is 9.84 Å². The molecule has 0 aliphatic carbocycles. The van der Waals surface area contributed by atoms with Gasteiger partial charge in [-0.1, -0.05) is 13.0 Å². The predicted octanol–water partition coefficient (Wildman–Crippen LogP) is 3.33. The number of sulfone groups is 1. The van der Waals surface area contributed by atoms with Crippen LogP contribution in [-0.2, 0) is 16.3 Å². The fourth-order valence-electron chi connectivity index (χ4n) is 3.28. The van der Waals surface area contributed by atoms with Crippen molar-refractivity contribution in [1.29, 1.82) is 0 Å². The standard InChI is InChI=1S/C19H24N2O2S/c1-2-24(22,23)19-7-5-18(6-8-19)21-12-9-16(10-13-21)14-17-4-3-11-20-15-17/h3-8,11,15-16H,2,9-10,12-14H2,1H3. The van der Waals surface area contributed by atoms with Crippen LogP contribution in [0.2, 0.25) is 0 Å². The van der Waals surface area contributed by atoms with Crippen LogP contribution in [0.15, 0.2) is 53.7 Å². The number of benzene rings is 1. The van der Waals surface area contributed by atoms with Gasteiger partial charge in [0.05, 0.1) is 10.6 Å². The lowest BCUT2D eigenvalue weighted by atomic mass is 9.90. The van der Waals surface area contributed by atoms with Crippen LogP contribution in [0.4, 0.5) is 5.69 Å². The average Bonchev–Trinajstić information content (AvgIpc) is 2.63.